The van der Waals surface area contributed by atoms with Gasteiger partial charge in [0.2, 0.25) is 0 Å². The van der Waals surface area contributed by atoms with E-state index in [1.165, 1.54) is 0 Å². The number of hydrogen-bond donors (Lipinski definition) is 3. The Bertz CT molecular complexity index is 408. The highest BCUT2D eigenvalue weighted by atomic mass is 16.5. The molecule has 1 aromatic carbocycles. The number of nitrogens with one attached hydrogen (secondary N) is 1. The van der Waals surface area contributed by atoms with E-state index in [4.69, 9.17) is 4.74 Å². The third kappa shape index (κ3) is 4.63. The predicted octanol–water partition coefficient (Wildman–Crippen LogP) is 0.867. The molecule has 2 atom stereocenters. The summed E-state index contributed by atoms with van der Waals surface area (Å²) in [5, 5.41) is 22.8. The number of benzene rings is 1. The van der Waals surface area contributed by atoms with E-state index in [-0.39, 0.29) is 0 Å². The van der Waals surface area contributed by atoms with Crippen molar-refractivity contribution in [2.45, 2.75) is 25.6 Å². The fraction of sp³-hybridized carbons (Fsp3) is 0.500. The summed E-state index contributed by atoms with van der Waals surface area (Å²) in [6.45, 7) is 2.64. The molecule has 3 N–H and O–H groups in total. The van der Waals surface area contributed by atoms with Crippen LogP contribution in [0.2, 0.25) is 0 Å². The SMILES string of the molecule is CCOC(=O)c1cccc(C(O)C(O)CCNC)c1. The van der Waals surface area contributed by atoms with Crippen LogP contribution in [0, 0.1) is 0 Å². The van der Waals surface area contributed by atoms with Gasteiger partial charge in [-0.1, -0.05) is 12.1 Å². The second-order valence-electron chi connectivity index (χ2n) is 4.25. The summed E-state index contributed by atoms with van der Waals surface area (Å²) in [5.41, 5.74) is 0.883. The van der Waals surface area contributed by atoms with Crippen LogP contribution in [0.15, 0.2) is 24.3 Å². The average molecular weight is 267 g/mol. The number of ether oxygens (including phenoxy) is 1. The highest BCUT2D eigenvalue weighted by Crippen LogP contribution is 2.20. The van der Waals surface area contributed by atoms with E-state index in [1.807, 2.05) is 0 Å². The quantitative estimate of drug-likeness (QED) is 0.639. The monoisotopic (exact) mass is 267 g/mol. The summed E-state index contributed by atoms with van der Waals surface area (Å²) < 4.78 is 4.89. The molecule has 0 radical (unpaired) electrons. The standard InChI is InChI=1S/C14H21NO4/c1-3-19-14(18)11-6-4-5-10(9-11)13(17)12(16)7-8-15-2/h4-6,9,12-13,15-17H,3,7-8H2,1-2H3. The van der Waals surface area contributed by atoms with Crippen LogP contribution < -0.4 is 5.32 Å². The van der Waals surface area contributed by atoms with E-state index < -0.39 is 18.2 Å². The minimum Gasteiger partial charge on any atom is -0.462 e. The summed E-state index contributed by atoms with van der Waals surface area (Å²) in [4.78, 5) is 11.6. The van der Waals surface area contributed by atoms with Crippen LogP contribution in [-0.2, 0) is 4.74 Å². The van der Waals surface area contributed by atoms with Gasteiger partial charge in [0.1, 0.15) is 6.10 Å². The van der Waals surface area contributed by atoms with Crippen LogP contribution in [0.5, 0.6) is 0 Å². The van der Waals surface area contributed by atoms with Gasteiger partial charge in [-0.15, -0.1) is 0 Å². The number of rotatable bonds is 7. The lowest BCUT2D eigenvalue weighted by Gasteiger charge is -2.18. The molecule has 0 aliphatic carbocycles. The summed E-state index contributed by atoms with van der Waals surface area (Å²) in [6.07, 6.45) is -1.45. The Kier molecular flexibility index (Phi) is 6.49. The number of carbonyl (C=O) groups is 1. The van der Waals surface area contributed by atoms with Gasteiger partial charge in [0, 0.05) is 0 Å². The molecule has 19 heavy (non-hydrogen) atoms. The van der Waals surface area contributed by atoms with E-state index >= 15 is 0 Å². The van der Waals surface area contributed by atoms with Gasteiger partial charge in [-0.25, -0.2) is 4.79 Å². The second-order valence-corrected chi connectivity index (χ2v) is 4.25. The molecule has 2 unspecified atom stereocenters. The first-order valence-electron chi connectivity index (χ1n) is 6.38. The molecule has 1 rings (SSSR count). The van der Waals surface area contributed by atoms with Crippen LogP contribution >= 0.6 is 0 Å². The molecular weight excluding hydrogens is 246 g/mol. The van der Waals surface area contributed by atoms with Crippen molar-refractivity contribution in [3.8, 4) is 0 Å². The van der Waals surface area contributed by atoms with Crippen LogP contribution in [0.1, 0.15) is 35.4 Å². The van der Waals surface area contributed by atoms with Gasteiger partial charge in [0.05, 0.1) is 18.3 Å². The van der Waals surface area contributed by atoms with Crippen molar-refractivity contribution in [3.63, 3.8) is 0 Å². The zero-order valence-electron chi connectivity index (χ0n) is 11.3. The van der Waals surface area contributed by atoms with Gasteiger partial charge in [0.25, 0.3) is 0 Å². The third-order valence-corrected chi connectivity index (χ3v) is 2.79. The average Bonchev–Trinajstić information content (AvgIpc) is 2.44. The second kappa shape index (κ2) is 7.89. The minimum atomic E-state index is -1.01. The topological polar surface area (TPSA) is 78.8 Å². The maximum Gasteiger partial charge on any atom is 0.338 e. The Morgan fingerprint density at radius 3 is 2.79 bits per heavy atom. The number of hydrogen-bond acceptors (Lipinski definition) is 5. The molecule has 5 heteroatoms. The van der Waals surface area contributed by atoms with Crippen molar-refractivity contribution in [1.82, 2.24) is 5.32 Å². The zero-order chi connectivity index (χ0) is 14.3. The van der Waals surface area contributed by atoms with Crippen molar-refractivity contribution in [1.29, 1.82) is 0 Å². The molecule has 0 heterocycles. The molecule has 5 nitrogen and oxygen atoms in total. The molecule has 0 aliphatic heterocycles. The Morgan fingerprint density at radius 2 is 2.16 bits per heavy atom. The van der Waals surface area contributed by atoms with E-state index in [1.54, 1.807) is 38.2 Å². The van der Waals surface area contributed by atoms with E-state index in [9.17, 15) is 15.0 Å². The first-order chi connectivity index (χ1) is 9.10. The Morgan fingerprint density at radius 1 is 1.42 bits per heavy atom. The molecule has 0 aliphatic rings. The van der Waals surface area contributed by atoms with Crippen LogP contribution in [-0.4, -0.2) is 42.5 Å². The van der Waals surface area contributed by atoms with Crippen LogP contribution in [0.4, 0.5) is 0 Å². The molecule has 0 fully saturated rings. The minimum absolute atomic E-state index is 0.302. The lowest BCUT2D eigenvalue weighted by Crippen LogP contribution is -2.23. The molecule has 1 aromatic rings. The molecule has 106 valence electrons. The number of esters is 1. The van der Waals surface area contributed by atoms with Crippen LogP contribution in [0.3, 0.4) is 0 Å². The summed E-state index contributed by atoms with van der Waals surface area (Å²) in [6, 6.07) is 6.50. The fourth-order valence-corrected chi connectivity index (χ4v) is 1.74. The summed E-state index contributed by atoms with van der Waals surface area (Å²) >= 11 is 0. The largest absolute Gasteiger partial charge is 0.462 e. The van der Waals surface area contributed by atoms with Crippen molar-refractivity contribution < 1.29 is 19.7 Å². The van der Waals surface area contributed by atoms with Crippen LogP contribution in [0.25, 0.3) is 0 Å². The smallest absolute Gasteiger partial charge is 0.338 e. The number of carbonyl (C=O) groups excluding carboxylic acids is 1. The highest BCUT2D eigenvalue weighted by molar-refractivity contribution is 5.89. The maximum absolute atomic E-state index is 11.6. The Hall–Kier alpha value is -1.43. The molecule has 0 bridgehead atoms. The summed E-state index contributed by atoms with van der Waals surface area (Å²) in [5.74, 6) is -0.429. The highest BCUT2D eigenvalue weighted by Gasteiger charge is 2.19. The lowest BCUT2D eigenvalue weighted by atomic mass is 10.00. The normalized spacial score (nSPS) is 13.9. The maximum atomic E-state index is 11.6. The van der Waals surface area contributed by atoms with Gasteiger partial charge in [0.15, 0.2) is 0 Å². The van der Waals surface area contributed by atoms with Crippen molar-refractivity contribution in [2.24, 2.45) is 0 Å². The van der Waals surface area contributed by atoms with Crippen molar-refractivity contribution >= 4 is 5.97 Å². The first-order valence-corrected chi connectivity index (χ1v) is 6.38. The van der Waals surface area contributed by atoms with Crippen molar-refractivity contribution in [2.75, 3.05) is 20.2 Å². The number of aliphatic hydroxyl groups is 2. The molecule has 0 saturated carbocycles. The van der Waals surface area contributed by atoms with E-state index in [0.29, 0.717) is 30.7 Å². The zero-order valence-corrected chi connectivity index (χ0v) is 11.3. The Labute approximate surface area is 113 Å². The van der Waals surface area contributed by atoms with E-state index in [0.717, 1.165) is 0 Å². The van der Waals surface area contributed by atoms with Gasteiger partial charge < -0.3 is 20.3 Å². The van der Waals surface area contributed by atoms with Gasteiger partial charge >= 0.3 is 5.97 Å². The molecule has 0 saturated heterocycles. The molecule has 0 amide bonds. The lowest BCUT2D eigenvalue weighted by molar-refractivity contribution is 0.0139. The third-order valence-electron chi connectivity index (χ3n) is 2.79. The van der Waals surface area contributed by atoms with Gasteiger partial charge in [-0.05, 0) is 44.6 Å². The Balaban J connectivity index is 2.77. The molecule has 0 spiro atoms. The van der Waals surface area contributed by atoms with Gasteiger partial charge in [-0.2, -0.15) is 0 Å². The molecule has 0 aromatic heterocycles. The fourth-order valence-electron chi connectivity index (χ4n) is 1.74. The van der Waals surface area contributed by atoms with E-state index in [2.05, 4.69) is 5.32 Å². The molecular formula is C14H21NO4. The number of aliphatic hydroxyl groups excluding tert-OH is 2. The summed E-state index contributed by atoms with van der Waals surface area (Å²) in [7, 11) is 1.78. The van der Waals surface area contributed by atoms with Gasteiger partial charge in [-0.3, -0.25) is 0 Å². The van der Waals surface area contributed by atoms with Crippen molar-refractivity contribution in [3.05, 3.63) is 35.4 Å². The first kappa shape index (κ1) is 15.6. The predicted molar refractivity (Wildman–Crippen MR) is 71.9 cm³/mol.